The lowest BCUT2D eigenvalue weighted by Crippen LogP contribution is -2.42. The minimum Gasteiger partial charge on any atom is -0.370 e. The molecule has 3 nitrogen and oxygen atoms in total. The van der Waals surface area contributed by atoms with Crippen molar-refractivity contribution in [3.8, 4) is 0 Å². The monoisotopic (exact) mass is 265 g/mol. The predicted molar refractivity (Wildman–Crippen MR) is 77.0 cm³/mol. The van der Waals surface area contributed by atoms with Crippen LogP contribution in [0.4, 0.5) is 0 Å². The van der Waals surface area contributed by atoms with Crippen LogP contribution in [-0.4, -0.2) is 23.4 Å². The van der Waals surface area contributed by atoms with Gasteiger partial charge in [0.2, 0.25) is 0 Å². The molecule has 18 heavy (non-hydrogen) atoms. The Morgan fingerprint density at radius 3 is 2.89 bits per heavy atom. The normalized spacial score (nSPS) is 21.0. The van der Waals surface area contributed by atoms with E-state index < -0.39 is 0 Å². The van der Waals surface area contributed by atoms with E-state index in [1.54, 1.807) is 0 Å². The third-order valence-corrected chi connectivity index (χ3v) is 4.08. The van der Waals surface area contributed by atoms with Crippen molar-refractivity contribution >= 4 is 17.6 Å². The van der Waals surface area contributed by atoms with E-state index in [-0.39, 0.29) is 6.04 Å². The average molecular weight is 266 g/mol. The minimum atomic E-state index is 0.220. The van der Waals surface area contributed by atoms with Gasteiger partial charge in [-0.15, -0.1) is 0 Å². The zero-order valence-electron chi connectivity index (χ0n) is 11.2. The molecule has 0 spiro atoms. The quantitative estimate of drug-likeness (QED) is 0.912. The summed E-state index contributed by atoms with van der Waals surface area (Å²) in [6, 6.07) is 6.82. The van der Waals surface area contributed by atoms with E-state index in [2.05, 4.69) is 35.9 Å². The highest BCUT2D eigenvalue weighted by atomic mass is 35.5. The highest BCUT2D eigenvalue weighted by molar-refractivity contribution is 6.31. The number of aliphatic imine (C=N–C) groups is 1. The number of aryl methyl sites for hydroxylation is 1. The Kier molecular flexibility index (Phi) is 3.81. The molecule has 0 radical (unpaired) electrons. The van der Waals surface area contributed by atoms with E-state index in [0.29, 0.717) is 12.0 Å². The second kappa shape index (κ2) is 5.19. The molecule has 98 valence electrons. The van der Waals surface area contributed by atoms with Gasteiger partial charge in [-0.1, -0.05) is 30.7 Å². The fraction of sp³-hybridized carbons (Fsp3) is 0.500. The molecule has 4 heteroatoms. The summed E-state index contributed by atoms with van der Waals surface area (Å²) in [5, 5.41) is 0.807. The van der Waals surface area contributed by atoms with Crippen molar-refractivity contribution in [3.05, 3.63) is 34.3 Å². The number of hydrogen-bond acceptors (Lipinski definition) is 3. The second-order valence-corrected chi connectivity index (χ2v) is 5.30. The van der Waals surface area contributed by atoms with Gasteiger partial charge in [-0.05, 0) is 37.5 Å². The van der Waals surface area contributed by atoms with Gasteiger partial charge in [0.15, 0.2) is 5.96 Å². The van der Waals surface area contributed by atoms with Gasteiger partial charge < -0.3 is 10.6 Å². The van der Waals surface area contributed by atoms with Crippen molar-refractivity contribution in [1.82, 2.24) is 4.90 Å². The predicted octanol–water partition coefficient (Wildman–Crippen LogP) is 3.12. The molecule has 0 aromatic heterocycles. The molecule has 0 amide bonds. The number of nitrogens with two attached hydrogens (primary N) is 1. The molecule has 1 aromatic rings. The van der Waals surface area contributed by atoms with Crippen LogP contribution in [0.15, 0.2) is 23.2 Å². The third kappa shape index (κ3) is 2.32. The number of rotatable bonds is 3. The Bertz CT molecular complexity index is 470. The molecule has 1 aliphatic heterocycles. The maximum absolute atomic E-state index is 6.20. The van der Waals surface area contributed by atoms with Crippen molar-refractivity contribution < 1.29 is 0 Å². The smallest absolute Gasteiger partial charge is 0.192 e. The molecule has 2 unspecified atom stereocenters. The second-order valence-electron chi connectivity index (χ2n) is 4.89. The van der Waals surface area contributed by atoms with Crippen LogP contribution in [0.2, 0.25) is 5.02 Å². The number of nitrogens with zero attached hydrogens (tertiary/aromatic N) is 2. The zero-order valence-corrected chi connectivity index (χ0v) is 11.9. The average Bonchev–Trinajstić information content (AvgIpc) is 2.74. The van der Waals surface area contributed by atoms with Gasteiger partial charge >= 0.3 is 0 Å². The molecule has 1 heterocycles. The lowest BCUT2D eigenvalue weighted by molar-refractivity contribution is 0.268. The molecule has 0 aliphatic carbocycles. The van der Waals surface area contributed by atoms with Crippen LogP contribution in [0, 0.1) is 6.92 Å². The van der Waals surface area contributed by atoms with E-state index in [0.717, 1.165) is 23.6 Å². The number of guanidine groups is 1. The van der Waals surface area contributed by atoms with Gasteiger partial charge in [0.25, 0.3) is 0 Å². The Balaban J connectivity index is 2.30. The van der Waals surface area contributed by atoms with Crippen LogP contribution in [0.25, 0.3) is 0 Å². The highest BCUT2D eigenvalue weighted by Crippen LogP contribution is 2.30. The van der Waals surface area contributed by atoms with Crippen LogP contribution in [0.1, 0.15) is 37.4 Å². The molecular formula is C14H20ClN3. The van der Waals surface area contributed by atoms with Crippen molar-refractivity contribution in [2.75, 3.05) is 6.54 Å². The molecular weight excluding hydrogens is 246 g/mol. The number of hydrogen-bond donors (Lipinski definition) is 1. The number of benzene rings is 1. The summed E-state index contributed by atoms with van der Waals surface area (Å²) in [5.41, 5.74) is 8.28. The standard InChI is InChI=1S/C14H20ClN3/c1-4-10(3)18-13(8-17-14(18)16)11-6-5-9(2)12(15)7-11/h5-7,10,13H,4,8H2,1-3H3,(H2,16,17). The Hall–Kier alpha value is -1.22. The van der Waals surface area contributed by atoms with Gasteiger partial charge in [-0.2, -0.15) is 0 Å². The largest absolute Gasteiger partial charge is 0.370 e. The van der Waals surface area contributed by atoms with Gasteiger partial charge in [0, 0.05) is 11.1 Å². The van der Waals surface area contributed by atoms with Crippen molar-refractivity contribution in [2.24, 2.45) is 10.7 Å². The lowest BCUT2D eigenvalue weighted by atomic mass is 10.0. The lowest BCUT2D eigenvalue weighted by Gasteiger charge is -2.32. The summed E-state index contributed by atoms with van der Waals surface area (Å²) in [5.74, 6) is 0.644. The third-order valence-electron chi connectivity index (χ3n) is 3.67. The first kappa shape index (κ1) is 13.2. The van der Waals surface area contributed by atoms with E-state index in [9.17, 15) is 0 Å². The summed E-state index contributed by atoms with van der Waals surface area (Å²) in [6.45, 7) is 7.07. The van der Waals surface area contributed by atoms with Gasteiger partial charge in [-0.25, -0.2) is 0 Å². The van der Waals surface area contributed by atoms with Gasteiger partial charge in [0.05, 0.1) is 12.6 Å². The first-order valence-electron chi connectivity index (χ1n) is 6.39. The summed E-state index contributed by atoms with van der Waals surface area (Å²) >= 11 is 6.20. The Labute approximate surface area is 114 Å². The first-order chi connectivity index (χ1) is 8.54. The fourth-order valence-electron chi connectivity index (χ4n) is 2.32. The maximum Gasteiger partial charge on any atom is 0.192 e. The summed E-state index contributed by atoms with van der Waals surface area (Å²) in [4.78, 5) is 6.57. The molecule has 2 N–H and O–H groups in total. The molecule has 2 rings (SSSR count). The topological polar surface area (TPSA) is 41.6 Å². The molecule has 0 fully saturated rings. The molecule has 2 atom stereocenters. The number of halogens is 1. The first-order valence-corrected chi connectivity index (χ1v) is 6.76. The van der Waals surface area contributed by atoms with Crippen molar-refractivity contribution in [2.45, 2.75) is 39.3 Å². The molecule has 0 saturated heterocycles. The van der Waals surface area contributed by atoms with Crippen LogP contribution in [-0.2, 0) is 0 Å². The van der Waals surface area contributed by atoms with Crippen molar-refractivity contribution in [3.63, 3.8) is 0 Å². The summed E-state index contributed by atoms with van der Waals surface area (Å²) < 4.78 is 0. The SMILES string of the molecule is CCC(C)N1C(N)=NCC1c1ccc(C)c(Cl)c1. The summed E-state index contributed by atoms with van der Waals surface area (Å²) in [6.07, 6.45) is 1.05. The van der Waals surface area contributed by atoms with Crippen LogP contribution in [0.5, 0.6) is 0 Å². The van der Waals surface area contributed by atoms with E-state index >= 15 is 0 Å². The molecule has 0 saturated carbocycles. The van der Waals surface area contributed by atoms with Gasteiger partial charge in [0.1, 0.15) is 0 Å². The Morgan fingerprint density at radius 2 is 2.28 bits per heavy atom. The Morgan fingerprint density at radius 1 is 1.56 bits per heavy atom. The van der Waals surface area contributed by atoms with Gasteiger partial charge in [-0.3, -0.25) is 4.99 Å². The molecule has 0 bridgehead atoms. The highest BCUT2D eigenvalue weighted by Gasteiger charge is 2.30. The molecule has 1 aromatic carbocycles. The van der Waals surface area contributed by atoms with E-state index in [1.165, 1.54) is 5.56 Å². The molecule has 1 aliphatic rings. The maximum atomic E-state index is 6.20. The minimum absolute atomic E-state index is 0.220. The summed E-state index contributed by atoms with van der Waals surface area (Å²) in [7, 11) is 0. The van der Waals surface area contributed by atoms with Crippen LogP contribution in [0.3, 0.4) is 0 Å². The van der Waals surface area contributed by atoms with Crippen LogP contribution < -0.4 is 5.73 Å². The van der Waals surface area contributed by atoms with E-state index in [1.807, 2.05) is 13.0 Å². The van der Waals surface area contributed by atoms with E-state index in [4.69, 9.17) is 17.3 Å². The zero-order chi connectivity index (χ0) is 13.3. The van der Waals surface area contributed by atoms with Crippen LogP contribution >= 0.6 is 11.6 Å². The fourth-order valence-corrected chi connectivity index (χ4v) is 2.51. The van der Waals surface area contributed by atoms with Crippen molar-refractivity contribution in [1.29, 1.82) is 0 Å².